The molecule has 1 amide bonds. The Labute approximate surface area is 108 Å². The Morgan fingerprint density at radius 2 is 2.11 bits per heavy atom. The van der Waals surface area contributed by atoms with Gasteiger partial charge in [-0.25, -0.2) is 0 Å². The van der Waals surface area contributed by atoms with Crippen LogP contribution < -0.4 is 5.32 Å². The molecule has 1 fully saturated rings. The molecule has 1 saturated heterocycles. The van der Waals surface area contributed by atoms with Gasteiger partial charge in [0.25, 0.3) is 0 Å². The fourth-order valence-corrected chi connectivity index (χ4v) is 2.56. The molecule has 4 heteroatoms. The van der Waals surface area contributed by atoms with Gasteiger partial charge in [-0.2, -0.15) is 0 Å². The molecule has 1 aromatic rings. The van der Waals surface area contributed by atoms with Crippen LogP contribution in [-0.2, 0) is 4.79 Å². The first-order valence-electron chi connectivity index (χ1n) is 6.52. The summed E-state index contributed by atoms with van der Waals surface area (Å²) in [5, 5.41) is 3.44. The second-order valence-corrected chi connectivity index (χ2v) is 5.22. The minimum atomic E-state index is -0.115. The lowest BCUT2D eigenvalue weighted by atomic mass is 10.0. The van der Waals surface area contributed by atoms with Crippen molar-refractivity contribution in [3.8, 4) is 0 Å². The summed E-state index contributed by atoms with van der Waals surface area (Å²) in [6, 6.07) is 4.56. The van der Waals surface area contributed by atoms with E-state index in [1.165, 1.54) is 0 Å². The van der Waals surface area contributed by atoms with Crippen LogP contribution in [0.3, 0.4) is 0 Å². The Morgan fingerprint density at radius 1 is 1.44 bits per heavy atom. The van der Waals surface area contributed by atoms with Gasteiger partial charge in [-0.1, -0.05) is 6.07 Å². The predicted octanol–water partition coefficient (Wildman–Crippen LogP) is 1.39. The lowest BCUT2D eigenvalue weighted by Gasteiger charge is -2.37. The summed E-state index contributed by atoms with van der Waals surface area (Å²) in [7, 11) is 0. The Morgan fingerprint density at radius 3 is 2.67 bits per heavy atom. The first-order valence-corrected chi connectivity index (χ1v) is 6.52. The van der Waals surface area contributed by atoms with E-state index >= 15 is 0 Å². The Hall–Kier alpha value is -1.42. The Bertz CT molecular complexity index is 397. The van der Waals surface area contributed by atoms with Gasteiger partial charge in [-0.05, 0) is 32.4 Å². The fourth-order valence-electron chi connectivity index (χ4n) is 2.56. The number of carbonyl (C=O) groups is 1. The number of hydrogen-bond acceptors (Lipinski definition) is 3. The second kappa shape index (κ2) is 5.48. The highest BCUT2D eigenvalue weighted by molar-refractivity contribution is 5.83. The molecule has 18 heavy (non-hydrogen) atoms. The van der Waals surface area contributed by atoms with Crippen LogP contribution in [0.25, 0.3) is 0 Å². The highest BCUT2D eigenvalue weighted by atomic mass is 16.2. The van der Waals surface area contributed by atoms with E-state index in [1.54, 1.807) is 12.4 Å². The molecule has 0 saturated carbocycles. The van der Waals surface area contributed by atoms with Crippen molar-refractivity contribution in [2.45, 2.75) is 38.8 Å². The zero-order chi connectivity index (χ0) is 13.1. The van der Waals surface area contributed by atoms with E-state index < -0.39 is 0 Å². The normalized spacial score (nSPS) is 25.8. The minimum absolute atomic E-state index is 0.115. The number of nitrogens with one attached hydrogen (secondary N) is 1. The van der Waals surface area contributed by atoms with Gasteiger partial charge in [0, 0.05) is 37.6 Å². The molecular formula is C14H21N3O. The third-order valence-electron chi connectivity index (χ3n) is 3.42. The SMILES string of the molecule is C[C@@H]1CN(C(=O)[C@@H](C)c2cccnc2)C[C@@H](C)N1. The average Bonchev–Trinajstić information content (AvgIpc) is 2.37. The number of hydrogen-bond donors (Lipinski definition) is 1. The van der Waals surface area contributed by atoms with Gasteiger partial charge in [0.1, 0.15) is 0 Å². The van der Waals surface area contributed by atoms with Gasteiger partial charge in [0.2, 0.25) is 5.91 Å². The number of carbonyl (C=O) groups excluding carboxylic acids is 1. The van der Waals surface area contributed by atoms with E-state index in [1.807, 2.05) is 24.0 Å². The maximum Gasteiger partial charge on any atom is 0.229 e. The summed E-state index contributed by atoms with van der Waals surface area (Å²) in [5.74, 6) is 0.0828. The second-order valence-electron chi connectivity index (χ2n) is 5.22. The molecule has 0 spiro atoms. The van der Waals surface area contributed by atoms with Crippen LogP contribution in [0.2, 0.25) is 0 Å². The molecule has 1 aliphatic heterocycles. The van der Waals surface area contributed by atoms with Crippen LogP contribution in [0, 0.1) is 0 Å². The summed E-state index contributed by atoms with van der Waals surface area (Å²) in [5.41, 5.74) is 0.987. The summed E-state index contributed by atoms with van der Waals surface area (Å²) < 4.78 is 0. The Balaban J connectivity index is 2.07. The van der Waals surface area contributed by atoms with Crippen molar-refractivity contribution >= 4 is 5.91 Å². The monoisotopic (exact) mass is 247 g/mol. The molecule has 3 atom stereocenters. The standard InChI is InChI=1S/C14H21N3O/c1-10-8-17(9-11(2)16-10)14(18)12(3)13-5-4-6-15-7-13/h4-7,10-12,16H,8-9H2,1-3H3/t10-,11-,12+/m1/s1. The summed E-state index contributed by atoms with van der Waals surface area (Å²) in [6.45, 7) is 7.76. The number of piperazine rings is 1. The van der Waals surface area contributed by atoms with E-state index in [-0.39, 0.29) is 11.8 Å². The number of amides is 1. The van der Waals surface area contributed by atoms with Gasteiger partial charge in [-0.3, -0.25) is 9.78 Å². The molecule has 0 radical (unpaired) electrons. The molecule has 0 aliphatic carbocycles. The Kier molecular flexibility index (Phi) is 3.97. The number of nitrogens with zero attached hydrogens (tertiary/aromatic N) is 2. The first kappa shape index (κ1) is 13.0. The van der Waals surface area contributed by atoms with E-state index in [9.17, 15) is 4.79 Å². The quantitative estimate of drug-likeness (QED) is 0.859. The summed E-state index contributed by atoms with van der Waals surface area (Å²) in [6.07, 6.45) is 3.51. The maximum atomic E-state index is 12.5. The van der Waals surface area contributed by atoms with Crippen LogP contribution in [-0.4, -0.2) is 41.0 Å². The first-order chi connectivity index (χ1) is 8.58. The number of aromatic nitrogens is 1. The molecule has 1 N–H and O–H groups in total. The van der Waals surface area contributed by atoms with Gasteiger partial charge < -0.3 is 10.2 Å². The van der Waals surface area contributed by atoms with Crippen molar-refractivity contribution in [2.75, 3.05) is 13.1 Å². The van der Waals surface area contributed by atoms with Crippen LogP contribution in [0.15, 0.2) is 24.5 Å². The van der Waals surface area contributed by atoms with Crippen molar-refractivity contribution in [1.29, 1.82) is 0 Å². The van der Waals surface area contributed by atoms with Gasteiger partial charge in [0.05, 0.1) is 5.92 Å². The average molecular weight is 247 g/mol. The van der Waals surface area contributed by atoms with Crippen molar-refractivity contribution in [3.63, 3.8) is 0 Å². The molecule has 0 bridgehead atoms. The smallest absolute Gasteiger partial charge is 0.229 e. The number of rotatable bonds is 2. The van der Waals surface area contributed by atoms with Crippen molar-refractivity contribution < 1.29 is 4.79 Å². The van der Waals surface area contributed by atoms with E-state index in [0.29, 0.717) is 12.1 Å². The summed E-state index contributed by atoms with van der Waals surface area (Å²) in [4.78, 5) is 18.5. The predicted molar refractivity (Wildman–Crippen MR) is 71.3 cm³/mol. The highest BCUT2D eigenvalue weighted by Crippen LogP contribution is 2.18. The molecule has 2 rings (SSSR count). The fraction of sp³-hybridized carbons (Fsp3) is 0.571. The van der Waals surface area contributed by atoms with E-state index in [4.69, 9.17) is 0 Å². The highest BCUT2D eigenvalue weighted by Gasteiger charge is 2.28. The van der Waals surface area contributed by atoms with Crippen LogP contribution in [0.1, 0.15) is 32.3 Å². The van der Waals surface area contributed by atoms with Crippen LogP contribution in [0.4, 0.5) is 0 Å². The zero-order valence-electron chi connectivity index (χ0n) is 11.3. The molecule has 1 aliphatic rings. The van der Waals surface area contributed by atoms with Gasteiger partial charge in [-0.15, -0.1) is 0 Å². The molecular weight excluding hydrogens is 226 g/mol. The third kappa shape index (κ3) is 2.88. The minimum Gasteiger partial charge on any atom is -0.339 e. The molecule has 0 aromatic carbocycles. The largest absolute Gasteiger partial charge is 0.339 e. The molecule has 1 aromatic heterocycles. The topological polar surface area (TPSA) is 45.2 Å². The summed E-state index contributed by atoms with van der Waals surface area (Å²) >= 11 is 0. The maximum absolute atomic E-state index is 12.5. The molecule has 4 nitrogen and oxygen atoms in total. The zero-order valence-corrected chi connectivity index (χ0v) is 11.3. The van der Waals surface area contributed by atoms with Gasteiger partial charge >= 0.3 is 0 Å². The molecule has 2 heterocycles. The lowest BCUT2D eigenvalue weighted by molar-refractivity contribution is -0.134. The van der Waals surface area contributed by atoms with E-state index in [2.05, 4.69) is 24.1 Å². The van der Waals surface area contributed by atoms with Crippen molar-refractivity contribution in [3.05, 3.63) is 30.1 Å². The lowest BCUT2D eigenvalue weighted by Crippen LogP contribution is -2.56. The molecule has 98 valence electrons. The van der Waals surface area contributed by atoms with Crippen LogP contribution >= 0.6 is 0 Å². The molecule has 0 unspecified atom stereocenters. The third-order valence-corrected chi connectivity index (χ3v) is 3.42. The van der Waals surface area contributed by atoms with Crippen molar-refractivity contribution in [1.82, 2.24) is 15.2 Å². The number of pyridine rings is 1. The van der Waals surface area contributed by atoms with E-state index in [0.717, 1.165) is 18.7 Å². The van der Waals surface area contributed by atoms with Crippen molar-refractivity contribution in [2.24, 2.45) is 0 Å². The van der Waals surface area contributed by atoms with Crippen LogP contribution in [0.5, 0.6) is 0 Å². The van der Waals surface area contributed by atoms with Gasteiger partial charge in [0.15, 0.2) is 0 Å².